The van der Waals surface area contributed by atoms with E-state index in [1.807, 2.05) is 18.2 Å². The lowest BCUT2D eigenvalue weighted by atomic mass is 10.0. The predicted molar refractivity (Wildman–Crippen MR) is 89.1 cm³/mol. The summed E-state index contributed by atoms with van der Waals surface area (Å²) in [5.74, 6) is 0.712. The Morgan fingerprint density at radius 3 is 2.33 bits per heavy atom. The molecule has 0 heterocycles. The molecule has 2 rings (SSSR count). The highest BCUT2D eigenvalue weighted by molar-refractivity contribution is 6.32. The third kappa shape index (κ3) is 4.23. The normalized spacial score (nSPS) is 12.2. The summed E-state index contributed by atoms with van der Waals surface area (Å²) in [6.45, 7) is 5.12. The Balaban J connectivity index is 1.96. The van der Waals surface area contributed by atoms with Gasteiger partial charge in [0.1, 0.15) is 5.75 Å². The van der Waals surface area contributed by atoms with Crippen LogP contribution in [0.1, 0.15) is 36.6 Å². The minimum absolute atomic E-state index is 0.303. The van der Waals surface area contributed by atoms with Crippen molar-refractivity contribution < 1.29 is 4.74 Å². The molecule has 21 heavy (non-hydrogen) atoms. The van der Waals surface area contributed by atoms with Gasteiger partial charge in [0.05, 0.1) is 12.1 Å². The van der Waals surface area contributed by atoms with Crippen LogP contribution in [0.15, 0.2) is 42.5 Å². The van der Waals surface area contributed by atoms with Gasteiger partial charge in [0.25, 0.3) is 0 Å². The molecule has 2 aromatic rings. The van der Waals surface area contributed by atoms with Gasteiger partial charge in [-0.3, -0.25) is 0 Å². The van der Waals surface area contributed by atoms with Crippen molar-refractivity contribution in [3.63, 3.8) is 0 Å². The highest BCUT2D eigenvalue weighted by Gasteiger charge is 2.06. The van der Waals surface area contributed by atoms with Crippen LogP contribution in [0.5, 0.6) is 5.75 Å². The van der Waals surface area contributed by atoms with E-state index in [1.165, 1.54) is 11.1 Å². The van der Waals surface area contributed by atoms with Crippen molar-refractivity contribution in [1.29, 1.82) is 0 Å². The molecule has 0 saturated heterocycles. The fraction of sp³-hybridized carbons (Fsp3) is 0.333. The van der Waals surface area contributed by atoms with Crippen LogP contribution in [0.4, 0.5) is 0 Å². The summed E-state index contributed by atoms with van der Waals surface area (Å²) in [5, 5.41) is 4.17. The van der Waals surface area contributed by atoms with Gasteiger partial charge < -0.3 is 10.1 Å². The SMILES string of the molecule is CCc1ccc(C(C)NCc2ccc(OC)c(Cl)c2)cc1. The highest BCUT2D eigenvalue weighted by Crippen LogP contribution is 2.25. The van der Waals surface area contributed by atoms with Gasteiger partial charge in [-0.15, -0.1) is 0 Å². The smallest absolute Gasteiger partial charge is 0.137 e. The number of aryl methyl sites for hydroxylation is 1. The van der Waals surface area contributed by atoms with Gasteiger partial charge in [0, 0.05) is 12.6 Å². The average molecular weight is 304 g/mol. The van der Waals surface area contributed by atoms with E-state index in [0.29, 0.717) is 16.8 Å². The third-order valence-electron chi connectivity index (χ3n) is 3.72. The first-order chi connectivity index (χ1) is 10.1. The van der Waals surface area contributed by atoms with E-state index in [0.717, 1.165) is 18.5 Å². The summed E-state index contributed by atoms with van der Waals surface area (Å²) in [4.78, 5) is 0. The molecule has 0 fully saturated rings. The first-order valence-electron chi connectivity index (χ1n) is 7.28. The molecule has 3 heteroatoms. The Morgan fingerprint density at radius 1 is 1.10 bits per heavy atom. The van der Waals surface area contributed by atoms with Gasteiger partial charge in [-0.25, -0.2) is 0 Å². The standard InChI is InChI=1S/C18H22ClNO/c1-4-14-5-8-16(9-6-14)13(2)20-12-15-7-10-18(21-3)17(19)11-15/h5-11,13,20H,4,12H2,1-3H3. The number of methoxy groups -OCH3 is 1. The van der Waals surface area contributed by atoms with Gasteiger partial charge in [0.15, 0.2) is 0 Å². The zero-order chi connectivity index (χ0) is 15.2. The lowest BCUT2D eigenvalue weighted by Gasteiger charge is -2.15. The second-order valence-electron chi connectivity index (χ2n) is 5.17. The second-order valence-corrected chi connectivity index (χ2v) is 5.57. The van der Waals surface area contributed by atoms with Gasteiger partial charge in [-0.1, -0.05) is 48.9 Å². The van der Waals surface area contributed by atoms with E-state index < -0.39 is 0 Å². The lowest BCUT2D eigenvalue weighted by Crippen LogP contribution is -2.18. The summed E-state index contributed by atoms with van der Waals surface area (Å²) in [7, 11) is 1.63. The fourth-order valence-corrected chi connectivity index (χ4v) is 2.53. The molecule has 1 N–H and O–H groups in total. The van der Waals surface area contributed by atoms with Gasteiger partial charge >= 0.3 is 0 Å². The first kappa shape index (κ1) is 15.9. The monoisotopic (exact) mass is 303 g/mol. The summed E-state index contributed by atoms with van der Waals surface area (Å²) in [6.07, 6.45) is 1.08. The quantitative estimate of drug-likeness (QED) is 0.830. The van der Waals surface area contributed by atoms with E-state index >= 15 is 0 Å². The molecule has 2 aromatic carbocycles. The lowest BCUT2D eigenvalue weighted by molar-refractivity contribution is 0.414. The zero-order valence-electron chi connectivity index (χ0n) is 12.8. The number of nitrogens with one attached hydrogen (secondary N) is 1. The van der Waals surface area contributed by atoms with Gasteiger partial charge in [-0.05, 0) is 42.2 Å². The molecule has 0 aliphatic carbocycles. The summed E-state index contributed by atoms with van der Waals surface area (Å²) >= 11 is 6.14. The number of ether oxygens (including phenoxy) is 1. The Labute approximate surface area is 132 Å². The number of hydrogen-bond donors (Lipinski definition) is 1. The fourth-order valence-electron chi connectivity index (χ4n) is 2.25. The van der Waals surface area contributed by atoms with E-state index in [1.54, 1.807) is 7.11 Å². The summed E-state index contributed by atoms with van der Waals surface area (Å²) < 4.78 is 5.16. The van der Waals surface area contributed by atoms with Crippen molar-refractivity contribution in [3.05, 3.63) is 64.2 Å². The first-order valence-corrected chi connectivity index (χ1v) is 7.66. The molecule has 0 aliphatic rings. The summed E-state index contributed by atoms with van der Waals surface area (Å²) in [6, 6.07) is 15.0. The number of benzene rings is 2. The molecule has 2 nitrogen and oxygen atoms in total. The van der Waals surface area contributed by atoms with Gasteiger partial charge in [-0.2, -0.15) is 0 Å². The van der Waals surface area contributed by atoms with E-state index in [9.17, 15) is 0 Å². The number of hydrogen-bond acceptors (Lipinski definition) is 2. The van der Waals surface area contributed by atoms with Crippen LogP contribution >= 0.6 is 11.6 Å². The van der Waals surface area contributed by atoms with Crippen LogP contribution in [0.2, 0.25) is 5.02 Å². The minimum Gasteiger partial charge on any atom is -0.495 e. The Kier molecular flexibility index (Phi) is 5.66. The van der Waals surface area contributed by atoms with Crippen LogP contribution < -0.4 is 10.1 Å². The third-order valence-corrected chi connectivity index (χ3v) is 4.01. The number of halogens is 1. The zero-order valence-corrected chi connectivity index (χ0v) is 13.6. The maximum atomic E-state index is 6.14. The molecule has 0 aromatic heterocycles. The maximum Gasteiger partial charge on any atom is 0.137 e. The van der Waals surface area contributed by atoms with Crippen LogP contribution in [-0.2, 0) is 13.0 Å². The molecule has 0 radical (unpaired) electrons. The second kappa shape index (κ2) is 7.48. The molecule has 0 bridgehead atoms. The Morgan fingerprint density at radius 2 is 1.76 bits per heavy atom. The topological polar surface area (TPSA) is 21.3 Å². The predicted octanol–water partition coefficient (Wildman–Crippen LogP) is 4.76. The maximum absolute atomic E-state index is 6.14. The molecule has 1 atom stereocenters. The molecule has 0 aliphatic heterocycles. The van der Waals surface area contributed by atoms with E-state index in [4.69, 9.17) is 16.3 Å². The molecule has 112 valence electrons. The average Bonchev–Trinajstić information content (AvgIpc) is 2.52. The number of rotatable bonds is 6. The van der Waals surface area contributed by atoms with Crippen molar-refractivity contribution in [2.24, 2.45) is 0 Å². The van der Waals surface area contributed by atoms with Crippen molar-refractivity contribution in [2.75, 3.05) is 7.11 Å². The van der Waals surface area contributed by atoms with Crippen LogP contribution in [0, 0.1) is 0 Å². The Bertz CT molecular complexity index is 580. The van der Waals surface area contributed by atoms with Crippen molar-refractivity contribution in [1.82, 2.24) is 5.32 Å². The summed E-state index contributed by atoms with van der Waals surface area (Å²) in [5.41, 5.74) is 3.82. The molecule has 0 saturated carbocycles. The van der Waals surface area contributed by atoms with Crippen LogP contribution in [0.3, 0.4) is 0 Å². The van der Waals surface area contributed by atoms with Gasteiger partial charge in [0.2, 0.25) is 0 Å². The van der Waals surface area contributed by atoms with E-state index in [2.05, 4.69) is 43.4 Å². The molecule has 0 spiro atoms. The van der Waals surface area contributed by atoms with Crippen LogP contribution in [0.25, 0.3) is 0 Å². The molecule has 0 amide bonds. The highest BCUT2D eigenvalue weighted by atomic mass is 35.5. The largest absolute Gasteiger partial charge is 0.495 e. The molecule has 1 unspecified atom stereocenters. The van der Waals surface area contributed by atoms with Crippen molar-refractivity contribution >= 4 is 11.6 Å². The molecular formula is C18H22ClNO. The van der Waals surface area contributed by atoms with E-state index in [-0.39, 0.29) is 0 Å². The van der Waals surface area contributed by atoms with Crippen molar-refractivity contribution in [3.8, 4) is 5.75 Å². The molecular weight excluding hydrogens is 282 g/mol. The minimum atomic E-state index is 0.303. The van der Waals surface area contributed by atoms with Crippen molar-refractivity contribution in [2.45, 2.75) is 32.9 Å². The Hall–Kier alpha value is -1.51. The van der Waals surface area contributed by atoms with Crippen LogP contribution in [-0.4, -0.2) is 7.11 Å².